The number of carbonyl (C=O) groups excluding carboxylic acids is 1. The molecule has 0 saturated heterocycles. The van der Waals surface area contributed by atoms with Gasteiger partial charge >= 0.3 is 28.3 Å². The summed E-state index contributed by atoms with van der Waals surface area (Å²) in [5.74, 6) is -1.59. The summed E-state index contributed by atoms with van der Waals surface area (Å²) < 4.78 is 0. The fourth-order valence-corrected chi connectivity index (χ4v) is 2.24. The average Bonchev–Trinajstić information content (AvgIpc) is 3.15. The van der Waals surface area contributed by atoms with Crippen LogP contribution >= 0.6 is 0 Å². The Labute approximate surface area is 159 Å². The number of H-pyrrole nitrogens is 1. The molecule has 0 bridgehead atoms. The molecule has 130 valence electrons. The number of aromatic nitrogens is 3. The van der Waals surface area contributed by atoms with E-state index in [4.69, 9.17) is 0 Å². The van der Waals surface area contributed by atoms with E-state index in [9.17, 15) is 14.7 Å². The fourth-order valence-electron chi connectivity index (χ4n) is 2.24. The Kier molecular flexibility index (Phi) is 6.24. The molecule has 8 heteroatoms. The predicted molar refractivity (Wildman–Crippen MR) is 84.9 cm³/mol. The maximum absolute atomic E-state index is 12.3. The number of carboxylic acid groups (broad SMARTS) is 1. The number of hydrogen-bond acceptors (Lipinski definition) is 4. The van der Waals surface area contributed by atoms with E-state index < -0.39 is 17.9 Å². The molecule has 0 fully saturated rings. The Morgan fingerprint density at radius 2 is 1.76 bits per heavy atom. The van der Waals surface area contributed by atoms with Crippen LogP contribution in [-0.4, -0.2) is 32.4 Å². The van der Waals surface area contributed by atoms with Gasteiger partial charge in [0.1, 0.15) is 0 Å². The van der Waals surface area contributed by atoms with Crippen LogP contribution in [0, 0.1) is 6.20 Å². The molecular formula is C17H13AuN4O3. The third-order valence-electron chi connectivity index (χ3n) is 3.46. The summed E-state index contributed by atoms with van der Waals surface area (Å²) in [6.07, 6.45) is 2.68. The first-order chi connectivity index (χ1) is 11.6. The summed E-state index contributed by atoms with van der Waals surface area (Å²) in [6.45, 7) is 0. The van der Waals surface area contributed by atoms with Gasteiger partial charge in [0.25, 0.3) is 5.91 Å². The molecule has 0 radical (unpaired) electrons. The van der Waals surface area contributed by atoms with Crippen molar-refractivity contribution in [3.8, 4) is 11.3 Å². The van der Waals surface area contributed by atoms with Crippen molar-refractivity contribution in [3.05, 3.63) is 71.9 Å². The number of nitrogens with one attached hydrogen (secondary N) is 2. The van der Waals surface area contributed by atoms with E-state index in [1.807, 2.05) is 0 Å². The van der Waals surface area contributed by atoms with E-state index in [1.165, 1.54) is 0 Å². The van der Waals surface area contributed by atoms with Crippen molar-refractivity contribution in [2.45, 2.75) is 6.04 Å². The Morgan fingerprint density at radius 1 is 1.08 bits per heavy atom. The van der Waals surface area contributed by atoms with Crippen LogP contribution in [0.2, 0.25) is 0 Å². The third kappa shape index (κ3) is 4.42. The number of nitrogens with zero attached hydrogens (tertiary/aromatic N) is 2. The fraction of sp³-hybridized carbons (Fsp3) is 0.0588. The van der Waals surface area contributed by atoms with Crippen LogP contribution < -0.4 is 5.32 Å². The van der Waals surface area contributed by atoms with Gasteiger partial charge in [-0.2, -0.15) is 0 Å². The molecule has 0 saturated carbocycles. The molecule has 1 heterocycles. The molecule has 0 spiro atoms. The molecule has 3 rings (SSSR count). The Bertz CT molecular complexity index is 836. The smallest absolute Gasteiger partial charge is 0.479 e. The number of carboxylic acids is 1. The molecule has 3 N–H and O–H groups in total. The van der Waals surface area contributed by atoms with E-state index in [0.717, 1.165) is 5.56 Å². The van der Waals surface area contributed by atoms with Crippen LogP contribution in [0.5, 0.6) is 0 Å². The Morgan fingerprint density at radius 3 is 2.32 bits per heavy atom. The van der Waals surface area contributed by atoms with Crippen molar-refractivity contribution < 1.29 is 37.1 Å². The van der Waals surface area contributed by atoms with Crippen molar-refractivity contribution >= 4 is 11.9 Å². The standard InChI is InChI=1S/C17H13N4O3.Au/c22-16(19-15(17(23)24)12-4-2-1-3-5-12)13-8-6-11(7-9-13)14-10-18-21-20-14;/h1-9,15H,(H,19,22)(H,23,24)(H,18,20,21);/q-1;+1. The van der Waals surface area contributed by atoms with Crippen molar-refractivity contribution in [3.63, 3.8) is 0 Å². The number of amides is 1. The summed E-state index contributed by atoms with van der Waals surface area (Å²) >= 11 is 0. The normalized spacial score (nSPS) is 11.2. The van der Waals surface area contributed by atoms with Crippen molar-refractivity contribution in [1.82, 2.24) is 20.7 Å². The maximum Gasteiger partial charge on any atom is 1.00 e. The van der Waals surface area contributed by atoms with Crippen LogP contribution in [0.15, 0.2) is 54.6 Å². The SMILES string of the molecule is O=C(NC(C(=O)O)c1ccccc1)c1ccc(-c2[c-]nn[nH]2)cc1.[Au+]. The summed E-state index contributed by atoms with van der Waals surface area (Å²) in [4.78, 5) is 23.8. The minimum atomic E-state index is -1.12. The van der Waals surface area contributed by atoms with Gasteiger partial charge in [0.15, 0.2) is 6.04 Å². The molecule has 0 aliphatic rings. The Balaban J connectivity index is 0.00000225. The minimum absolute atomic E-state index is 0. The number of benzene rings is 2. The van der Waals surface area contributed by atoms with E-state index in [1.54, 1.807) is 54.6 Å². The number of carbonyl (C=O) groups is 2. The first-order valence-corrected chi connectivity index (χ1v) is 7.13. The molecule has 1 amide bonds. The second-order valence-corrected chi connectivity index (χ2v) is 5.03. The van der Waals surface area contributed by atoms with Crippen LogP contribution in [0.1, 0.15) is 22.0 Å². The zero-order chi connectivity index (χ0) is 16.9. The van der Waals surface area contributed by atoms with Gasteiger partial charge < -0.3 is 10.4 Å². The third-order valence-corrected chi connectivity index (χ3v) is 3.46. The van der Waals surface area contributed by atoms with Gasteiger partial charge in [-0.15, -0.1) is 17.7 Å². The van der Waals surface area contributed by atoms with Gasteiger partial charge in [0, 0.05) is 5.56 Å². The summed E-state index contributed by atoms with van der Waals surface area (Å²) in [5, 5.41) is 21.7. The Hall–Kier alpha value is -2.74. The molecule has 0 aliphatic carbocycles. The number of aromatic amines is 1. The number of hydrogen-bond donors (Lipinski definition) is 3. The monoisotopic (exact) mass is 518 g/mol. The predicted octanol–water partition coefficient (Wildman–Crippen LogP) is 1.83. The zero-order valence-corrected chi connectivity index (χ0v) is 14.9. The van der Waals surface area contributed by atoms with E-state index in [0.29, 0.717) is 16.8 Å². The zero-order valence-electron chi connectivity index (χ0n) is 12.7. The first-order valence-electron chi connectivity index (χ1n) is 7.13. The average molecular weight is 518 g/mol. The summed E-state index contributed by atoms with van der Waals surface area (Å²) in [7, 11) is 0. The summed E-state index contributed by atoms with van der Waals surface area (Å²) in [6, 6.07) is 14.0. The van der Waals surface area contributed by atoms with Gasteiger partial charge in [-0.3, -0.25) is 9.89 Å². The molecule has 25 heavy (non-hydrogen) atoms. The van der Waals surface area contributed by atoms with Crippen molar-refractivity contribution in [2.75, 3.05) is 0 Å². The quantitative estimate of drug-likeness (QED) is 0.353. The first kappa shape index (κ1) is 18.6. The van der Waals surface area contributed by atoms with Gasteiger partial charge in [-0.1, -0.05) is 59.6 Å². The van der Waals surface area contributed by atoms with Crippen LogP contribution in [0.25, 0.3) is 11.3 Å². The van der Waals surface area contributed by atoms with Crippen molar-refractivity contribution in [2.24, 2.45) is 0 Å². The van der Waals surface area contributed by atoms with Crippen molar-refractivity contribution in [1.29, 1.82) is 0 Å². The topological polar surface area (TPSA) is 108 Å². The molecular weight excluding hydrogens is 505 g/mol. The molecule has 0 aliphatic heterocycles. The minimum Gasteiger partial charge on any atom is -0.479 e. The molecule has 3 aromatic rings. The number of aliphatic carboxylic acids is 1. The van der Waals surface area contributed by atoms with Gasteiger partial charge in [0.2, 0.25) is 0 Å². The number of rotatable bonds is 5. The molecule has 1 aromatic heterocycles. The van der Waals surface area contributed by atoms with E-state index in [-0.39, 0.29) is 22.4 Å². The molecule has 7 nitrogen and oxygen atoms in total. The second kappa shape index (κ2) is 8.39. The van der Waals surface area contributed by atoms with Gasteiger partial charge in [0.05, 0.1) is 0 Å². The maximum atomic E-state index is 12.3. The molecule has 2 aromatic carbocycles. The summed E-state index contributed by atoms with van der Waals surface area (Å²) in [5.41, 5.74) is 2.24. The van der Waals surface area contributed by atoms with Gasteiger partial charge in [-0.25, -0.2) is 9.89 Å². The van der Waals surface area contributed by atoms with E-state index >= 15 is 0 Å². The second-order valence-electron chi connectivity index (χ2n) is 5.03. The van der Waals surface area contributed by atoms with Gasteiger partial charge in [-0.05, 0) is 5.56 Å². The molecule has 1 unspecified atom stereocenters. The van der Waals surface area contributed by atoms with Crippen LogP contribution in [0.4, 0.5) is 0 Å². The van der Waals surface area contributed by atoms with Crippen LogP contribution in [0.3, 0.4) is 0 Å². The van der Waals surface area contributed by atoms with Crippen LogP contribution in [-0.2, 0) is 27.2 Å². The largest absolute Gasteiger partial charge is 1.00 e. The molecule has 1 atom stereocenters. The van der Waals surface area contributed by atoms with E-state index in [2.05, 4.69) is 26.9 Å².